The van der Waals surface area contributed by atoms with Gasteiger partial charge in [-0.05, 0) is 44.5 Å². The van der Waals surface area contributed by atoms with Gasteiger partial charge in [0.2, 0.25) is 5.65 Å². The Kier molecular flexibility index (Phi) is 4.24. The number of ether oxygens (including phenoxy) is 2. The van der Waals surface area contributed by atoms with Crippen LogP contribution in [0.4, 0.5) is 5.69 Å². The number of fused-ring (bicyclic) bond motifs is 1. The Labute approximate surface area is 140 Å². The molecule has 0 saturated carbocycles. The molecule has 0 fully saturated rings. The van der Waals surface area contributed by atoms with Crippen molar-refractivity contribution >= 4 is 11.3 Å². The molecule has 1 aromatic carbocycles. The van der Waals surface area contributed by atoms with Gasteiger partial charge in [0.25, 0.3) is 0 Å². The summed E-state index contributed by atoms with van der Waals surface area (Å²) in [6, 6.07) is 5.74. The van der Waals surface area contributed by atoms with E-state index in [4.69, 9.17) is 9.47 Å². The highest BCUT2D eigenvalue weighted by Crippen LogP contribution is 2.33. The number of methoxy groups -OCH3 is 2. The van der Waals surface area contributed by atoms with Gasteiger partial charge in [-0.2, -0.15) is 9.61 Å². The zero-order chi connectivity index (χ0) is 17.3. The second kappa shape index (κ2) is 6.35. The number of aryl methyl sites for hydroxylation is 1. The third-order valence-corrected chi connectivity index (χ3v) is 4.19. The summed E-state index contributed by atoms with van der Waals surface area (Å²) < 4.78 is 12.5. The molecule has 0 spiro atoms. The molecular formula is C17H21N5O2. The van der Waals surface area contributed by atoms with Crippen molar-refractivity contribution in [2.45, 2.75) is 26.8 Å². The number of aromatic nitrogens is 4. The lowest BCUT2D eigenvalue weighted by Crippen LogP contribution is -2.12. The largest absolute Gasteiger partial charge is 0.497 e. The van der Waals surface area contributed by atoms with Crippen LogP contribution in [0.3, 0.4) is 0 Å². The smallest absolute Gasteiger partial charge is 0.200 e. The van der Waals surface area contributed by atoms with Crippen LogP contribution in [0.2, 0.25) is 0 Å². The summed E-state index contributed by atoms with van der Waals surface area (Å²) in [6.07, 6.45) is 1.60. The molecule has 0 aliphatic heterocycles. The molecule has 0 aliphatic rings. The second-order valence-electron chi connectivity index (χ2n) is 5.66. The van der Waals surface area contributed by atoms with Gasteiger partial charge in [0.05, 0.1) is 31.6 Å². The molecule has 126 valence electrons. The van der Waals surface area contributed by atoms with E-state index < -0.39 is 0 Å². The van der Waals surface area contributed by atoms with Gasteiger partial charge < -0.3 is 14.8 Å². The number of hydrogen-bond donors (Lipinski definition) is 1. The molecule has 2 heterocycles. The first kappa shape index (κ1) is 16.0. The number of benzene rings is 1. The topological polar surface area (TPSA) is 73.6 Å². The number of nitrogens with one attached hydrogen (secondary N) is 1. The summed E-state index contributed by atoms with van der Waals surface area (Å²) in [5, 5.41) is 16.1. The normalized spacial score (nSPS) is 12.2. The summed E-state index contributed by atoms with van der Waals surface area (Å²) >= 11 is 0. The molecule has 1 N–H and O–H groups in total. The van der Waals surface area contributed by atoms with Crippen LogP contribution < -0.4 is 14.8 Å². The highest BCUT2D eigenvalue weighted by molar-refractivity contribution is 5.71. The Hall–Kier alpha value is -2.83. The minimum atomic E-state index is -0.0175. The lowest BCUT2D eigenvalue weighted by molar-refractivity contribution is 0.397. The van der Waals surface area contributed by atoms with E-state index >= 15 is 0 Å². The molecule has 7 heteroatoms. The summed E-state index contributed by atoms with van der Waals surface area (Å²) in [7, 11) is 3.32. The zero-order valence-corrected chi connectivity index (χ0v) is 14.5. The molecule has 0 saturated heterocycles. The highest BCUT2D eigenvalue weighted by Gasteiger charge is 2.17. The Morgan fingerprint density at radius 1 is 1.17 bits per heavy atom. The first-order valence-corrected chi connectivity index (χ1v) is 7.70. The number of nitrogens with zero attached hydrogens (tertiary/aromatic N) is 4. The fraction of sp³-hybridized carbons (Fsp3) is 0.353. The number of rotatable bonds is 5. The molecule has 1 atom stereocenters. The molecule has 1 unspecified atom stereocenters. The zero-order valence-electron chi connectivity index (χ0n) is 14.5. The van der Waals surface area contributed by atoms with Gasteiger partial charge in [-0.15, -0.1) is 10.2 Å². The Balaban J connectivity index is 2.03. The summed E-state index contributed by atoms with van der Waals surface area (Å²) in [5.74, 6) is 1.59. The minimum Gasteiger partial charge on any atom is -0.497 e. The lowest BCUT2D eigenvalue weighted by atomic mass is 10.1. The minimum absolute atomic E-state index is 0.0175. The maximum Gasteiger partial charge on any atom is 0.200 e. The van der Waals surface area contributed by atoms with Crippen LogP contribution >= 0.6 is 0 Å². The van der Waals surface area contributed by atoms with Gasteiger partial charge in [0.1, 0.15) is 17.8 Å². The Bertz CT molecular complexity index is 875. The van der Waals surface area contributed by atoms with Crippen molar-refractivity contribution in [3.8, 4) is 11.5 Å². The van der Waals surface area contributed by atoms with Gasteiger partial charge >= 0.3 is 0 Å². The van der Waals surface area contributed by atoms with Gasteiger partial charge in [-0.25, -0.2) is 0 Å². The molecule has 7 nitrogen and oxygen atoms in total. The van der Waals surface area contributed by atoms with Crippen LogP contribution in [0.1, 0.15) is 29.8 Å². The average Bonchev–Trinajstić information content (AvgIpc) is 3.06. The van der Waals surface area contributed by atoms with E-state index in [-0.39, 0.29) is 6.04 Å². The van der Waals surface area contributed by atoms with Crippen molar-refractivity contribution in [1.82, 2.24) is 19.8 Å². The summed E-state index contributed by atoms with van der Waals surface area (Å²) in [5.41, 5.74) is 4.59. The van der Waals surface area contributed by atoms with Gasteiger partial charge in [0, 0.05) is 5.56 Å². The van der Waals surface area contributed by atoms with E-state index in [1.165, 1.54) is 0 Å². The number of anilines is 1. The molecule has 0 radical (unpaired) electrons. The molecule has 0 aliphatic carbocycles. The molecule has 3 aromatic rings. The van der Waals surface area contributed by atoms with E-state index in [9.17, 15) is 0 Å². The Morgan fingerprint density at radius 2 is 1.96 bits per heavy atom. The predicted octanol–water partition coefficient (Wildman–Crippen LogP) is 2.93. The molecule has 3 rings (SSSR count). The monoisotopic (exact) mass is 327 g/mol. The van der Waals surface area contributed by atoms with E-state index in [1.54, 1.807) is 25.1 Å². The average molecular weight is 327 g/mol. The fourth-order valence-electron chi connectivity index (χ4n) is 2.70. The summed E-state index contributed by atoms with van der Waals surface area (Å²) in [4.78, 5) is 0. The van der Waals surface area contributed by atoms with Crippen LogP contribution in [0.5, 0.6) is 11.5 Å². The maximum atomic E-state index is 5.49. The van der Waals surface area contributed by atoms with Gasteiger partial charge in [0.15, 0.2) is 0 Å². The fourth-order valence-corrected chi connectivity index (χ4v) is 2.70. The molecular weight excluding hydrogens is 306 g/mol. The van der Waals surface area contributed by atoms with E-state index in [0.29, 0.717) is 5.65 Å². The predicted molar refractivity (Wildman–Crippen MR) is 91.8 cm³/mol. The molecule has 0 bridgehead atoms. The second-order valence-corrected chi connectivity index (χ2v) is 5.66. The highest BCUT2D eigenvalue weighted by atomic mass is 16.5. The van der Waals surface area contributed by atoms with E-state index in [2.05, 4.69) is 27.5 Å². The maximum absolute atomic E-state index is 5.49. The third kappa shape index (κ3) is 2.73. The standard InChI is InChI=1S/C17H21N5O2/c1-10-11(2)21-22-9-18-20-17(22)16(10)19-12(3)14-8-13(23-4)6-7-15(14)24-5/h6-9,12,19H,1-5H3. The van der Waals surface area contributed by atoms with Crippen molar-refractivity contribution in [3.05, 3.63) is 41.3 Å². The van der Waals surface area contributed by atoms with Crippen LogP contribution in [0, 0.1) is 13.8 Å². The van der Waals surface area contributed by atoms with E-state index in [1.807, 2.05) is 32.0 Å². The number of hydrogen-bond acceptors (Lipinski definition) is 6. The Morgan fingerprint density at radius 3 is 2.67 bits per heavy atom. The molecule has 24 heavy (non-hydrogen) atoms. The van der Waals surface area contributed by atoms with Gasteiger partial charge in [-0.3, -0.25) is 0 Å². The summed E-state index contributed by atoms with van der Waals surface area (Å²) in [6.45, 7) is 6.06. The van der Waals surface area contributed by atoms with Crippen LogP contribution in [0.25, 0.3) is 5.65 Å². The first-order chi connectivity index (χ1) is 11.5. The molecule has 2 aromatic heterocycles. The van der Waals surface area contributed by atoms with Crippen molar-refractivity contribution in [3.63, 3.8) is 0 Å². The van der Waals surface area contributed by atoms with Crippen LogP contribution in [0.15, 0.2) is 24.5 Å². The molecule has 0 amide bonds. The van der Waals surface area contributed by atoms with Crippen LogP contribution in [-0.4, -0.2) is 34.0 Å². The SMILES string of the molecule is COc1ccc(OC)c(C(C)Nc2c(C)c(C)nn3cnnc23)c1. The van der Waals surface area contributed by atoms with Crippen molar-refractivity contribution in [1.29, 1.82) is 0 Å². The van der Waals surface area contributed by atoms with Crippen molar-refractivity contribution < 1.29 is 9.47 Å². The van der Waals surface area contributed by atoms with Crippen LogP contribution in [-0.2, 0) is 0 Å². The van der Waals surface area contributed by atoms with E-state index in [0.717, 1.165) is 34.0 Å². The first-order valence-electron chi connectivity index (χ1n) is 7.70. The van der Waals surface area contributed by atoms with Gasteiger partial charge in [-0.1, -0.05) is 0 Å². The van der Waals surface area contributed by atoms with Crippen molar-refractivity contribution in [2.24, 2.45) is 0 Å². The van der Waals surface area contributed by atoms with Crippen molar-refractivity contribution in [2.75, 3.05) is 19.5 Å². The quantitative estimate of drug-likeness (QED) is 0.777. The lowest BCUT2D eigenvalue weighted by Gasteiger charge is -2.21. The third-order valence-electron chi connectivity index (χ3n) is 4.19.